The highest BCUT2D eigenvalue weighted by Crippen LogP contribution is 2.13. The molecule has 0 aliphatic heterocycles. The number of hydrogen-bond acceptors (Lipinski definition) is 4. The van der Waals surface area contributed by atoms with E-state index < -0.39 is 6.04 Å². The lowest BCUT2D eigenvalue weighted by Crippen LogP contribution is -2.34. The average Bonchev–Trinajstić information content (AvgIpc) is 2.09. The summed E-state index contributed by atoms with van der Waals surface area (Å²) in [5.41, 5.74) is 5.65. The molecule has 14 heavy (non-hydrogen) atoms. The van der Waals surface area contributed by atoms with Gasteiger partial charge in [-0.2, -0.15) is 11.8 Å². The van der Waals surface area contributed by atoms with E-state index in [4.69, 9.17) is 10.5 Å². The number of hydrogen-bond donors (Lipinski definition) is 1. The summed E-state index contributed by atoms with van der Waals surface area (Å²) in [4.78, 5) is 11.3. The van der Waals surface area contributed by atoms with Crippen LogP contribution in [0.5, 0.6) is 0 Å². The van der Waals surface area contributed by atoms with Crippen LogP contribution >= 0.6 is 11.8 Å². The molecule has 1 atom stereocenters. The quantitative estimate of drug-likeness (QED) is 0.714. The summed E-state index contributed by atoms with van der Waals surface area (Å²) in [6, 6.07) is -0.468. The Hall–Kier alpha value is -0.220. The third kappa shape index (κ3) is 7.21. The van der Waals surface area contributed by atoms with Crippen molar-refractivity contribution < 1.29 is 9.53 Å². The van der Waals surface area contributed by atoms with Crippen molar-refractivity contribution in [2.45, 2.75) is 33.2 Å². The van der Waals surface area contributed by atoms with Crippen molar-refractivity contribution in [2.24, 2.45) is 11.1 Å². The number of rotatable bonds is 5. The normalized spacial score (nSPS) is 13.8. The molecule has 3 nitrogen and oxygen atoms in total. The zero-order valence-electron chi connectivity index (χ0n) is 9.50. The zero-order chi connectivity index (χ0) is 11.2. The van der Waals surface area contributed by atoms with Gasteiger partial charge in [-0.15, -0.1) is 0 Å². The molecule has 4 heteroatoms. The van der Waals surface area contributed by atoms with Crippen LogP contribution in [-0.2, 0) is 9.53 Å². The number of carbonyl (C=O) groups is 1. The van der Waals surface area contributed by atoms with Crippen LogP contribution < -0.4 is 5.73 Å². The fourth-order valence-electron chi connectivity index (χ4n) is 0.757. The molecule has 2 N–H and O–H groups in total. The van der Waals surface area contributed by atoms with Gasteiger partial charge in [-0.05, 0) is 23.8 Å². The maximum atomic E-state index is 11.3. The number of thioether (sulfide) groups is 1. The van der Waals surface area contributed by atoms with E-state index in [9.17, 15) is 4.79 Å². The summed E-state index contributed by atoms with van der Waals surface area (Å²) in [7, 11) is 0. The van der Waals surface area contributed by atoms with Crippen LogP contribution in [0, 0.1) is 5.41 Å². The molecule has 0 radical (unpaired) electrons. The lowest BCUT2D eigenvalue weighted by molar-refractivity contribution is -0.148. The van der Waals surface area contributed by atoms with E-state index in [1.165, 1.54) is 0 Å². The standard InChI is InChI=1S/C10H21NO2S/c1-10(2,3)7-13-9(12)8(11)5-6-14-4/h8H,5-7,11H2,1-4H3/t8-/m1/s1. The topological polar surface area (TPSA) is 52.3 Å². The van der Waals surface area contributed by atoms with Crippen molar-refractivity contribution in [2.75, 3.05) is 18.6 Å². The van der Waals surface area contributed by atoms with Crippen molar-refractivity contribution >= 4 is 17.7 Å². The van der Waals surface area contributed by atoms with Gasteiger partial charge in [0, 0.05) is 0 Å². The summed E-state index contributed by atoms with van der Waals surface area (Å²) < 4.78 is 5.09. The molecule has 0 fully saturated rings. The summed E-state index contributed by atoms with van der Waals surface area (Å²) in [6.07, 6.45) is 2.68. The van der Waals surface area contributed by atoms with Gasteiger partial charge in [-0.25, -0.2) is 0 Å². The SMILES string of the molecule is CSCC[C@@H](N)C(=O)OCC(C)(C)C. The second-order valence-corrected chi connectivity index (χ2v) is 5.54. The first-order valence-corrected chi connectivity index (χ1v) is 6.17. The molecule has 0 aliphatic rings. The van der Waals surface area contributed by atoms with E-state index in [0.29, 0.717) is 13.0 Å². The van der Waals surface area contributed by atoms with Gasteiger partial charge in [-0.1, -0.05) is 20.8 Å². The molecule has 0 aliphatic carbocycles. The molecule has 0 saturated carbocycles. The molecule has 0 amide bonds. The predicted molar refractivity (Wildman–Crippen MR) is 61.4 cm³/mol. The molecule has 0 spiro atoms. The summed E-state index contributed by atoms with van der Waals surface area (Å²) in [6.45, 7) is 6.49. The smallest absolute Gasteiger partial charge is 0.322 e. The highest BCUT2D eigenvalue weighted by atomic mass is 32.2. The number of ether oxygens (including phenoxy) is 1. The van der Waals surface area contributed by atoms with Crippen molar-refractivity contribution in [3.63, 3.8) is 0 Å². The Balaban J connectivity index is 3.73. The monoisotopic (exact) mass is 219 g/mol. The minimum Gasteiger partial charge on any atom is -0.464 e. The summed E-state index contributed by atoms with van der Waals surface area (Å²) in [5.74, 6) is 0.611. The van der Waals surface area contributed by atoms with Gasteiger partial charge in [0.05, 0.1) is 6.61 Å². The molecule has 84 valence electrons. The summed E-state index contributed by atoms with van der Waals surface area (Å²) >= 11 is 1.68. The molecule has 0 rings (SSSR count). The molecule has 0 aromatic heterocycles. The Labute approximate surface area is 90.8 Å². The minimum atomic E-state index is -0.468. The van der Waals surface area contributed by atoms with Gasteiger partial charge in [0.2, 0.25) is 0 Å². The van der Waals surface area contributed by atoms with Crippen molar-refractivity contribution in [3.05, 3.63) is 0 Å². The Kier molecular flexibility index (Phi) is 6.20. The van der Waals surface area contributed by atoms with Gasteiger partial charge < -0.3 is 10.5 Å². The lowest BCUT2D eigenvalue weighted by Gasteiger charge is -2.19. The van der Waals surface area contributed by atoms with Gasteiger partial charge in [0.25, 0.3) is 0 Å². The van der Waals surface area contributed by atoms with E-state index in [0.717, 1.165) is 5.75 Å². The average molecular weight is 219 g/mol. The Bertz CT molecular complexity index is 177. The van der Waals surface area contributed by atoms with Crippen LogP contribution in [0.15, 0.2) is 0 Å². The zero-order valence-corrected chi connectivity index (χ0v) is 10.3. The van der Waals surface area contributed by atoms with E-state index in [1.807, 2.05) is 27.0 Å². The Morgan fingerprint density at radius 1 is 1.50 bits per heavy atom. The predicted octanol–water partition coefficient (Wildman–Crippen LogP) is 1.66. The fourth-order valence-corrected chi connectivity index (χ4v) is 1.25. The second-order valence-electron chi connectivity index (χ2n) is 4.56. The highest BCUT2D eigenvalue weighted by Gasteiger charge is 2.18. The van der Waals surface area contributed by atoms with Crippen molar-refractivity contribution in [3.8, 4) is 0 Å². The molecule has 0 aromatic rings. The van der Waals surface area contributed by atoms with Crippen LogP contribution in [0.4, 0.5) is 0 Å². The van der Waals surface area contributed by atoms with E-state index in [-0.39, 0.29) is 11.4 Å². The highest BCUT2D eigenvalue weighted by molar-refractivity contribution is 7.98. The maximum Gasteiger partial charge on any atom is 0.322 e. The van der Waals surface area contributed by atoms with Crippen LogP contribution in [0.25, 0.3) is 0 Å². The van der Waals surface area contributed by atoms with Crippen molar-refractivity contribution in [1.82, 2.24) is 0 Å². The second kappa shape index (κ2) is 6.30. The van der Waals surface area contributed by atoms with Crippen molar-refractivity contribution in [1.29, 1.82) is 0 Å². The largest absolute Gasteiger partial charge is 0.464 e. The lowest BCUT2D eigenvalue weighted by atomic mass is 9.99. The van der Waals surface area contributed by atoms with Gasteiger partial charge in [0.15, 0.2) is 0 Å². The Morgan fingerprint density at radius 2 is 2.07 bits per heavy atom. The van der Waals surface area contributed by atoms with Crippen LogP contribution in [-0.4, -0.2) is 30.6 Å². The Morgan fingerprint density at radius 3 is 2.50 bits per heavy atom. The van der Waals surface area contributed by atoms with Crippen LogP contribution in [0.2, 0.25) is 0 Å². The maximum absolute atomic E-state index is 11.3. The molecule has 0 aromatic carbocycles. The van der Waals surface area contributed by atoms with Crippen LogP contribution in [0.3, 0.4) is 0 Å². The third-order valence-electron chi connectivity index (χ3n) is 1.58. The molecule has 0 heterocycles. The molecular weight excluding hydrogens is 198 g/mol. The first-order chi connectivity index (χ1) is 6.37. The number of esters is 1. The third-order valence-corrected chi connectivity index (χ3v) is 2.23. The molecule has 0 bridgehead atoms. The van der Waals surface area contributed by atoms with E-state index in [2.05, 4.69) is 0 Å². The van der Waals surface area contributed by atoms with Gasteiger partial charge >= 0.3 is 5.97 Å². The number of nitrogens with two attached hydrogens (primary N) is 1. The van der Waals surface area contributed by atoms with Gasteiger partial charge in [0.1, 0.15) is 6.04 Å². The minimum absolute atomic E-state index is 0.00882. The number of carbonyl (C=O) groups excluding carboxylic acids is 1. The molecular formula is C10H21NO2S. The van der Waals surface area contributed by atoms with Crippen LogP contribution in [0.1, 0.15) is 27.2 Å². The molecule has 0 unspecified atom stereocenters. The first-order valence-electron chi connectivity index (χ1n) is 4.78. The van der Waals surface area contributed by atoms with Gasteiger partial charge in [-0.3, -0.25) is 4.79 Å². The van der Waals surface area contributed by atoms with E-state index in [1.54, 1.807) is 11.8 Å². The molecule has 0 saturated heterocycles. The summed E-state index contributed by atoms with van der Waals surface area (Å²) in [5, 5.41) is 0. The van der Waals surface area contributed by atoms with E-state index >= 15 is 0 Å². The fraction of sp³-hybridized carbons (Fsp3) is 0.900. The first kappa shape index (κ1) is 13.8.